The fourth-order valence-electron chi connectivity index (χ4n) is 3.02. The Morgan fingerprint density at radius 3 is 2.42 bits per heavy atom. The summed E-state index contributed by atoms with van der Waals surface area (Å²) in [5.41, 5.74) is 5.87. The lowest BCUT2D eigenvalue weighted by atomic mass is 9.69. The highest BCUT2D eigenvalue weighted by Gasteiger charge is 2.36. The zero-order chi connectivity index (χ0) is 13.9. The first-order valence-electron chi connectivity index (χ1n) is 6.96. The van der Waals surface area contributed by atoms with E-state index in [1.165, 1.54) is 6.07 Å². The van der Waals surface area contributed by atoms with Crippen molar-refractivity contribution in [3.8, 4) is 5.75 Å². The molecule has 0 radical (unpaired) electrons. The van der Waals surface area contributed by atoms with Crippen molar-refractivity contribution < 1.29 is 13.5 Å². The van der Waals surface area contributed by atoms with Crippen LogP contribution in [0.4, 0.5) is 8.78 Å². The van der Waals surface area contributed by atoms with Gasteiger partial charge in [0.25, 0.3) is 0 Å². The first kappa shape index (κ1) is 14.3. The minimum absolute atomic E-state index is 0.0215. The third-order valence-corrected chi connectivity index (χ3v) is 4.12. The molecule has 2 rings (SSSR count). The Morgan fingerprint density at radius 2 is 1.84 bits per heavy atom. The van der Waals surface area contributed by atoms with Crippen molar-refractivity contribution in [2.24, 2.45) is 5.73 Å². The smallest absolute Gasteiger partial charge is 0.200 e. The molecule has 0 unspecified atom stereocenters. The molecule has 1 aromatic rings. The average molecular weight is 269 g/mol. The SMILES string of the molecule is CCOc1ccc(C2(CN)CCCCC2)c(F)c1F. The molecular weight excluding hydrogens is 248 g/mol. The maximum absolute atomic E-state index is 14.3. The molecule has 0 aliphatic heterocycles. The Balaban J connectivity index is 2.41. The van der Waals surface area contributed by atoms with Gasteiger partial charge in [-0.25, -0.2) is 4.39 Å². The highest BCUT2D eigenvalue weighted by Crippen LogP contribution is 2.41. The largest absolute Gasteiger partial charge is 0.491 e. The molecule has 0 spiro atoms. The van der Waals surface area contributed by atoms with Crippen LogP contribution in [0.3, 0.4) is 0 Å². The van der Waals surface area contributed by atoms with Crippen molar-refractivity contribution in [3.05, 3.63) is 29.3 Å². The number of halogens is 2. The number of hydrogen-bond acceptors (Lipinski definition) is 2. The molecule has 2 N–H and O–H groups in total. The standard InChI is InChI=1S/C15H21F2NO/c1-2-19-12-7-6-11(13(16)14(12)17)15(10-18)8-4-3-5-9-15/h6-7H,2-5,8-10,18H2,1H3. The zero-order valence-electron chi connectivity index (χ0n) is 11.3. The number of benzene rings is 1. The van der Waals surface area contributed by atoms with Gasteiger partial charge in [-0.05, 0) is 31.4 Å². The maximum atomic E-state index is 14.3. The molecule has 1 aromatic carbocycles. The summed E-state index contributed by atoms with van der Waals surface area (Å²) in [7, 11) is 0. The van der Waals surface area contributed by atoms with Gasteiger partial charge < -0.3 is 10.5 Å². The van der Waals surface area contributed by atoms with Crippen LogP contribution in [0.25, 0.3) is 0 Å². The molecule has 0 bridgehead atoms. The Bertz CT molecular complexity index is 442. The summed E-state index contributed by atoms with van der Waals surface area (Å²) in [5, 5.41) is 0. The highest BCUT2D eigenvalue weighted by atomic mass is 19.2. The molecule has 0 heterocycles. The first-order valence-corrected chi connectivity index (χ1v) is 6.96. The van der Waals surface area contributed by atoms with Crippen LogP contribution in [0, 0.1) is 11.6 Å². The summed E-state index contributed by atoms with van der Waals surface area (Å²) >= 11 is 0. The molecule has 1 aliphatic rings. The van der Waals surface area contributed by atoms with Crippen LogP contribution in [0.1, 0.15) is 44.6 Å². The molecule has 19 heavy (non-hydrogen) atoms. The number of hydrogen-bond donors (Lipinski definition) is 1. The van der Waals surface area contributed by atoms with Crippen LogP contribution in [0.2, 0.25) is 0 Å². The molecule has 106 valence electrons. The summed E-state index contributed by atoms with van der Waals surface area (Å²) in [4.78, 5) is 0. The Labute approximate surface area is 112 Å². The zero-order valence-corrected chi connectivity index (χ0v) is 11.3. The molecule has 0 saturated heterocycles. The Morgan fingerprint density at radius 1 is 1.16 bits per heavy atom. The van der Waals surface area contributed by atoms with E-state index in [1.807, 2.05) is 0 Å². The van der Waals surface area contributed by atoms with Crippen LogP contribution in [0.5, 0.6) is 5.75 Å². The predicted octanol–water partition coefficient (Wildman–Crippen LogP) is 3.52. The van der Waals surface area contributed by atoms with Gasteiger partial charge in [0.15, 0.2) is 11.6 Å². The van der Waals surface area contributed by atoms with Crippen molar-refractivity contribution in [1.29, 1.82) is 0 Å². The van der Waals surface area contributed by atoms with Gasteiger partial charge in [-0.2, -0.15) is 4.39 Å². The molecule has 2 nitrogen and oxygen atoms in total. The van der Waals surface area contributed by atoms with E-state index < -0.39 is 17.0 Å². The van der Waals surface area contributed by atoms with Crippen LogP contribution in [0.15, 0.2) is 12.1 Å². The molecule has 0 aromatic heterocycles. The predicted molar refractivity (Wildman–Crippen MR) is 71.3 cm³/mol. The van der Waals surface area contributed by atoms with Crippen molar-refractivity contribution in [3.63, 3.8) is 0 Å². The molecular formula is C15H21F2NO. The van der Waals surface area contributed by atoms with Gasteiger partial charge in [-0.1, -0.05) is 25.3 Å². The third kappa shape index (κ3) is 2.59. The molecule has 1 aliphatic carbocycles. The summed E-state index contributed by atoms with van der Waals surface area (Å²) in [6.07, 6.45) is 4.83. The van der Waals surface area contributed by atoms with Gasteiger partial charge in [0.1, 0.15) is 0 Å². The summed E-state index contributed by atoms with van der Waals surface area (Å²) in [6.45, 7) is 2.42. The van der Waals surface area contributed by atoms with Gasteiger partial charge in [0, 0.05) is 12.0 Å². The first-order chi connectivity index (χ1) is 9.14. The number of nitrogens with two attached hydrogens (primary N) is 1. The van der Waals surface area contributed by atoms with E-state index in [4.69, 9.17) is 10.5 Å². The van der Waals surface area contributed by atoms with Crippen LogP contribution in [-0.2, 0) is 5.41 Å². The van der Waals surface area contributed by atoms with E-state index in [-0.39, 0.29) is 5.75 Å². The lowest BCUT2D eigenvalue weighted by Crippen LogP contribution is -2.38. The van der Waals surface area contributed by atoms with E-state index in [9.17, 15) is 8.78 Å². The second-order valence-corrected chi connectivity index (χ2v) is 5.22. The van der Waals surface area contributed by atoms with Crippen molar-refractivity contribution in [1.82, 2.24) is 0 Å². The fraction of sp³-hybridized carbons (Fsp3) is 0.600. The van der Waals surface area contributed by atoms with Crippen LogP contribution in [-0.4, -0.2) is 13.2 Å². The van der Waals surface area contributed by atoms with E-state index in [2.05, 4.69) is 0 Å². The van der Waals surface area contributed by atoms with Gasteiger partial charge in [0.05, 0.1) is 6.61 Å². The summed E-state index contributed by atoms with van der Waals surface area (Å²) < 4.78 is 33.3. The Hall–Kier alpha value is -1.16. The third-order valence-electron chi connectivity index (χ3n) is 4.12. The number of ether oxygens (including phenoxy) is 1. The molecule has 0 atom stereocenters. The highest BCUT2D eigenvalue weighted by molar-refractivity contribution is 5.36. The van der Waals surface area contributed by atoms with E-state index in [0.29, 0.717) is 18.7 Å². The lowest BCUT2D eigenvalue weighted by Gasteiger charge is -2.37. The maximum Gasteiger partial charge on any atom is 0.200 e. The topological polar surface area (TPSA) is 35.2 Å². The van der Waals surface area contributed by atoms with Gasteiger partial charge in [-0.15, -0.1) is 0 Å². The van der Waals surface area contributed by atoms with Crippen molar-refractivity contribution >= 4 is 0 Å². The number of rotatable bonds is 4. The molecule has 1 fully saturated rings. The van der Waals surface area contributed by atoms with E-state index >= 15 is 0 Å². The monoisotopic (exact) mass is 269 g/mol. The van der Waals surface area contributed by atoms with Crippen LogP contribution >= 0.6 is 0 Å². The molecule has 4 heteroatoms. The normalized spacial score (nSPS) is 18.3. The molecule has 0 amide bonds. The minimum Gasteiger partial charge on any atom is -0.491 e. The van der Waals surface area contributed by atoms with Gasteiger partial charge in [0.2, 0.25) is 5.82 Å². The second kappa shape index (κ2) is 5.87. The molecule has 1 saturated carbocycles. The fourth-order valence-corrected chi connectivity index (χ4v) is 3.02. The van der Waals surface area contributed by atoms with E-state index in [1.54, 1.807) is 13.0 Å². The van der Waals surface area contributed by atoms with E-state index in [0.717, 1.165) is 32.1 Å². The Kier molecular flexibility index (Phi) is 4.40. The van der Waals surface area contributed by atoms with Gasteiger partial charge >= 0.3 is 0 Å². The van der Waals surface area contributed by atoms with Crippen molar-refractivity contribution in [2.75, 3.05) is 13.2 Å². The average Bonchev–Trinajstić information content (AvgIpc) is 2.45. The summed E-state index contributed by atoms with van der Waals surface area (Å²) in [6, 6.07) is 3.16. The minimum atomic E-state index is -0.891. The quantitative estimate of drug-likeness (QED) is 0.907. The van der Waals surface area contributed by atoms with Crippen LogP contribution < -0.4 is 10.5 Å². The lowest BCUT2D eigenvalue weighted by molar-refractivity contribution is 0.280. The summed E-state index contributed by atoms with van der Waals surface area (Å²) in [5.74, 6) is -1.71. The second-order valence-electron chi connectivity index (χ2n) is 5.22. The van der Waals surface area contributed by atoms with Gasteiger partial charge in [-0.3, -0.25) is 0 Å². The van der Waals surface area contributed by atoms with Crippen molar-refractivity contribution in [2.45, 2.75) is 44.4 Å².